The van der Waals surface area contributed by atoms with Crippen molar-refractivity contribution >= 4 is 15.2 Å². The molecule has 31 heavy (non-hydrogen) atoms. The number of alkyl halides is 4. The average Bonchev–Trinajstić information content (AvgIpc) is 3.04. The van der Waals surface area contributed by atoms with Gasteiger partial charge in [-0.3, -0.25) is 4.79 Å². The minimum atomic E-state index is -4.49. The van der Waals surface area contributed by atoms with Gasteiger partial charge in [0.15, 0.2) is 12.4 Å². The van der Waals surface area contributed by atoms with E-state index in [9.17, 15) is 22.4 Å². The van der Waals surface area contributed by atoms with Gasteiger partial charge in [-0.2, -0.15) is 13.2 Å². The molecule has 1 aliphatic rings. The predicted octanol–water partition coefficient (Wildman–Crippen LogP) is 6.50. The molecule has 0 radical (unpaired) electrons. The Hall–Kier alpha value is -1.72. The molecule has 1 aromatic carbocycles. The van der Waals surface area contributed by atoms with E-state index in [4.69, 9.17) is 9.26 Å². The summed E-state index contributed by atoms with van der Waals surface area (Å²) in [5.74, 6) is -1.07. The number of allylic oxidation sites excluding steroid dienone is 3. The minimum absolute atomic E-state index is 0.0487. The zero-order valence-electron chi connectivity index (χ0n) is 17.5. The van der Waals surface area contributed by atoms with Crippen LogP contribution in [-0.4, -0.2) is 24.7 Å². The van der Waals surface area contributed by atoms with Crippen molar-refractivity contribution in [3.05, 3.63) is 54.1 Å². The number of carbonyl (C=O) groups is 1. The van der Waals surface area contributed by atoms with E-state index < -0.39 is 36.2 Å². The van der Waals surface area contributed by atoms with Gasteiger partial charge in [0.25, 0.3) is 0 Å². The zero-order valence-corrected chi connectivity index (χ0v) is 18.6. The Bertz CT molecular complexity index is 763. The highest BCUT2D eigenvalue weighted by Gasteiger charge is 2.42. The zero-order chi connectivity index (χ0) is 22.9. The minimum Gasteiger partial charge on any atom is -0.485 e. The molecular weight excluding hydrogens is 431 g/mol. The number of hydrogen-bond donors (Lipinski definition) is 0. The molecule has 1 fully saturated rings. The first kappa shape index (κ1) is 25.5. The van der Waals surface area contributed by atoms with Gasteiger partial charge in [-0.1, -0.05) is 44.1 Å². The highest BCUT2D eigenvalue weighted by molar-refractivity contribution is 7.09. The van der Waals surface area contributed by atoms with Crippen molar-refractivity contribution in [2.24, 2.45) is 11.8 Å². The Morgan fingerprint density at radius 3 is 2.74 bits per heavy atom. The summed E-state index contributed by atoms with van der Waals surface area (Å²) in [6.45, 7) is 1.69. The number of unbranched alkanes of at least 4 members (excludes halogenated alkanes) is 2. The second-order valence-electron chi connectivity index (χ2n) is 7.66. The lowest BCUT2D eigenvalue weighted by Gasteiger charge is -2.20. The van der Waals surface area contributed by atoms with E-state index in [-0.39, 0.29) is 24.2 Å². The number of rotatable bonds is 11. The molecule has 1 aromatic rings. The van der Waals surface area contributed by atoms with Gasteiger partial charge in [-0.25, -0.2) is 4.39 Å². The lowest BCUT2D eigenvalue weighted by molar-refractivity contribution is -0.137. The largest absolute Gasteiger partial charge is 0.485 e. The topological polar surface area (TPSA) is 35.5 Å². The van der Waals surface area contributed by atoms with Gasteiger partial charge in [-0.05, 0) is 43.0 Å². The molecule has 3 nitrogen and oxygen atoms in total. The van der Waals surface area contributed by atoms with Crippen LogP contribution in [0.25, 0.3) is 0 Å². The third kappa shape index (κ3) is 8.04. The van der Waals surface area contributed by atoms with Crippen molar-refractivity contribution in [3.63, 3.8) is 0 Å². The Balaban J connectivity index is 1.95. The molecule has 8 heteroatoms. The van der Waals surface area contributed by atoms with Gasteiger partial charge in [0, 0.05) is 21.8 Å². The maximum absolute atomic E-state index is 14.5. The molecule has 3 unspecified atom stereocenters. The van der Waals surface area contributed by atoms with Crippen LogP contribution in [-0.2, 0) is 15.5 Å². The maximum atomic E-state index is 14.5. The lowest BCUT2D eigenvalue weighted by Crippen LogP contribution is -2.20. The molecule has 0 aliphatic heterocycles. The summed E-state index contributed by atoms with van der Waals surface area (Å²) in [6, 6.07) is 4.33. The second kappa shape index (κ2) is 12.4. The van der Waals surface area contributed by atoms with Crippen LogP contribution >= 0.6 is 9.47 Å². The van der Waals surface area contributed by atoms with Gasteiger partial charge in [0.05, 0.1) is 11.7 Å². The first-order valence-electron chi connectivity index (χ1n) is 10.4. The monoisotopic (exact) mass is 460 g/mol. The van der Waals surface area contributed by atoms with Gasteiger partial charge in [-0.15, -0.1) is 0 Å². The van der Waals surface area contributed by atoms with Crippen LogP contribution in [0.5, 0.6) is 5.75 Å². The SMILES string of the molecule is CCCC/C=C\C[C@H]1C(OP)CC(F)[C@@H]1/C=C/C(=O)COc1cccc(C(F)(F)F)c1. The second-order valence-corrected chi connectivity index (χ2v) is 7.93. The van der Waals surface area contributed by atoms with E-state index in [1.54, 1.807) is 0 Å². The van der Waals surface area contributed by atoms with Gasteiger partial charge in [0.2, 0.25) is 0 Å². The van der Waals surface area contributed by atoms with Crippen LogP contribution in [0.1, 0.15) is 44.6 Å². The molecule has 172 valence electrons. The fraction of sp³-hybridized carbons (Fsp3) is 0.522. The predicted molar refractivity (Wildman–Crippen MR) is 115 cm³/mol. The number of ketones is 1. The number of carbonyl (C=O) groups excluding carboxylic acids is 1. The lowest BCUT2D eigenvalue weighted by atomic mass is 9.90. The van der Waals surface area contributed by atoms with E-state index >= 15 is 0 Å². The molecule has 0 bridgehead atoms. The molecule has 5 atom stereocenters. The van der Waals surface area contributed by atoms with Crippen LogP contribution in [0.2, 0.25) is 0 Å². The van der Waals surface area contributed by atoms with Crippen molar-refractivity contribution in [2.45, 2.75) is 57.5 Å². The van der Waals surface area contributed by atoms with E-state index in [1.165, 1.54) is 24.3 Å². The smallest absolute Gasteiger partial charge is 0.416 e. The van der Waals surface area contributed by atoms with Gasteiger partial charge < -0.3 is 9.26 Å². The summed E-state index contributed by atoms with van der Waals surface area (Å²) in [5.41, 5.74) is -0.850. The maximum Gasteiger partial charge on any atom is 0.416 e. The highest BCUT2D eigenvalue weighted by Crippen LogP contribution is 2.40. The van der Waals surface area contributed by atoms with Crippen LogP contribution < -0.4 is 4.74 Å². The van der Waals surface area contributed by atoms with E-state index in [2.05, 4.69) is 22.5 Å². The van der Waals surface area contributed by atoms with Crippen LogP contribution in [0.3, 0.4) is 0 Å². The summed E-state index contributed by atoms with van der Waals surface area (Å²) in [5, 5.41) is 0. The van der Waals surface area contributed by atoms with Gasteiger partial charge >= 0.3 is 6.18 Å². The number of ether oxygens (including phenoxy) is 1. The van der Waals surface area contributed by atoms with Crippen molar-refractivity contribution < 1.29 is 31.6 Å². The molecule has 2 rings (SSSR count). The molecule has 0 aromatic heterocycles. The molecule has 0 heterocycles. The average molecular weight is 460 g/mol. The fourth-order valence-corrected chi connectivity index (χ4v) is 3.99. The summed E-state index contributed by atoms with van der Waals surface area (Å²) in [6.07, 6.45) is 5.11. The number of hydrogen-bond acceptors (Lipinski definition) is 3. The van der Waals surface area contributed by atoms with Gasteiger partial charge in [0.1, 0.15) is 11.9 Å². The number of halogens is 4. The molecular formula is C23H29F4O3P. The Labute approximate surface area is 183 Å². The first-order valence-corrected chi connectivity index (χ1v) is 10.9. The van der Waals surface area contributed by atoms with Crippen molar-refractivity contribution in [1.82, 2.24) is 0 Å². The quantitative estimate of drug-likeness (QED) is 0.124. The molecule has 0 spiro atoms. The number of benzene rings is 1. The van der Waals surface area contributed by atoms with Crippen LogP contribution in [0.15, 0.2) is 48.6 Å². The first-order chi connectivity index (χ1) is 14.8. The van der Waals surface area contributed by atoms with E-state index in [0.717, 1.165) is 31.4 Å². The van der Waals surface area contributed by atoms with Crippen LogP contribution in [0.4, 0.5) is 17.6 Å². The highest BCUT2D eigenvalue weighted by atomic mass is 31.0. The Morgan fingerprint density at radius 2 is 2.06 bits per heavy atom. The molecule has 0 N–H and O–H groups in total. The van der Waals surface area contributed by atoms with Crippen molar-refractivity contribution in [3.8, 4) is 5.75 Å². The summed E-state index contributed by atoms with van der Waals surface area (Å²) in [7, 11) is 2.19. The van der Waals surface area contributed by atoms with Crippen molar-refractivity contribution in [2.75, 3.05) is 6.61 Å². The summed E-state index contributed by atoms with van der Waals surface area (Å²) >= 11 is 0. The summed E-state index contributed by atoms with van der Waals surface area (Å²) < 4.78 is 63.4. The molecule has 0 amide bonds. The molecule has 0 saturated heterocycles. The normalized spacial score (nSPS) is 24.3. The third-order valence-corrected chi connectivity index (χ3v) is 5.72. The standard InChI is InChI=1S/C23H29F4O3P/c1-2-3-4-5-6-10-20-19(21(24)14-22(20)30-31)12-11-17(28)15-29-18-9-7-8-16(13-18)23(25,26)27/h5-9,11-13,19-22H,2-4,10,14-15,31H2,1H3/b6-5-,12-11+/t19-,20-,21?,22?/m1/s1. The van der Waals surface area contributed by atoms with E-state index in [1.807, 2.05) is 6.08 Å². The summed E-state index contributed by atoms with van der Waals surface area (Å²) in [4.78, 5) is 12.1. The molecule has 1 aliphatic carbocycles. The Morgan fingerprint density at radius 1 is 1.29 bits per heavy atom. The Kier molecular flexibility index (Phi) is 10.2. The van der Waals surface area contributed by atoms with Crippen LogP contribution in [0, 0.1) is 11.8 Å². The third-order valence-electron chi connectivity index (χ3n) is 5.37. The fourth-order valence-electron chi connectivity index (χ4n) is 3.68. The van der Waals surface area contributed by atoms with Crippen molar-refractivity contribution in [1.29, 1.82) is 0 Å². The molecule has 1 saturated carbocycles. The van der Waals surface area contributed by atoms with E-state index in [0.29, 0.717) is 6.42 Å².